The minimum Gasteiger partial charge on any atom is -0.371 e. The lowest BCUT2D eigenvalue weighted by Crippen LogP contribution is -2.33. The molecule has 0 radical (unpaired) electrons. The Hall–Kier alpha value is -1.78. The van der Waals surface area contributed by atoms with Gasteiger partial charge in [-0.05, 0) is 49.1 Å². The molecule has 2 heterocycles. The number of nitrogens with zero attached hydrogens (tertiary/aromatic N) is 2. The molecule has 126 valence electrons. The zero-order chi connectivity index (χ0) is 17.1. The van der Waals surface area contributed by atoms with Gasteiger partial charge in [0.25, 0.3) is 5.91 Å². The molecule has 1 aromatic heterocycles. The first-order valence-corrected chi connectivity index (χ1v) is 8.76. The molecule has 1 amide bonds. The highest BCUT2D eigenvalue weighted by Crippen LogP contribution is 2.26. The third-order valence-corrected chi connectivity index (χ3v) is 4.85. The number of rotatable bonds is 3. The van der Waals surface area contributed by atoms with E-state index in [9.17, 15) is 4.79 Å². The molecule has 0 spiro atoms. The summed E-state index contributed by atoms with van der Waals surface area (Å²) in [5, 5.41) is 3.71. The van der Waals surface area contributed by atoms with Gasteiger partial charge in [-0.2, -0.15) is 0 Å². The fourth-order valence-corrected chi connectivity index (χ4v) is 3.24. The predicted octanol–water partition coefficient (Wildman–Crippen LogP) is 4.88. The van der Waals surface area contributed by atoms with Crippen LogP contribution in [0.25, 0.3) is 0 Å². The molecule has 6 heteroatoms. The van der Waals surface area contributed by atoms with Crippen molar-refractivity contribution in [3.8, 4) is 0 Å². The second-order valence-corrected chi connectivity index (χ2v) is 6.99. The molecule has 1 saturated heterocycles. The SMILES string of the molecule is CC1CCN(c2ccnc(C(=O)Nc3ccc(Cl)cc3Cl)c2)CC1. The molecule has 4 nitrogen and oxygen atoms in total. The number of halogens is 2. The van der Waals surface area contributed by atoms with Crippen LogP contribution in [0.2, 0.25) is 10.0 Å². The van der Waals surface area contributed by atoms with E-state index >= 15 is 0 Å². The van der Waals surface area contributed by atoms with Crippen molar-refractivity contribution in [3.63, 3.8) is 0 Å². The van der Waals surface area contributed by atoms with Gasteiger partial charge in [0.05, 0.1) is 10.7 Å². The Kier molecular flexibility index (Phi) is 5.27. The van der Waals surface area contributed by atoms with Gasteiger partial charge in [0.1, 0.15) is 5.69 Å². The summed E-state index contributed by atoms with van der Waals surface area (Å²) in [4.78, 5) is 18.9. The average molecular weight is 364 g/mol. The van der Waals surface area contributed by atoms with Crippen LogP contribution in [0.1, 0.15) is 30.3 Å². The summed E-state index contributed by atoms with van der Waals surface area (Å²) in [6.45, 7) is 4.29. The predicted molar refractivity (Wildman–Crippen MR) is 99.3 cm³/mol. The lowest BCUT2D eigenvalue weighted by molar-refractivity contribution is 0.102. The van der Waals surface area contributed by atoms with Crippen molar-refractivity contribution in [1.82, 2.24) is 4.98 Å². The van der Waals surface area contributed by atoms with Gasteiger partial charge in [-0.15, -0.1) is 0 Å². The van der Waals surface area contributed by atoms with Crippen LogP contribution >= 0.6 is 23.2 Å². The Balaban J connectivity index is 1.74. The minimum atomic E-state index is -0.286. The number of aromatic nitrogens is 1. The molecule has 0 unspecified atom stereocenters. The number of anilines is 2. The van der Waals surface area contributed by atoms with Crippen LogP contribution in [0.5, 0.6) is 0 Å². The molecular weight excluding hydrogens is 345 g/mol. The van der Waals surface area contributed by atoms with Crippen molar-refractivity contribution in [1.29, 1.82) is 0 Å². The molecule has 1 N–H and O–H groups in total. The largest absolute Gasteiger partial charge is 0.371 e. The van der Waals surface area contributed by atoms with Crippen molar-refractivity contribution in [3.05, 3.63) is 52.3 Å². The van der Waals surface area contributed by atoms with Gasteiger partial charge in [0, 0.05) is 30.0 Å². The van der Waals surface area contributed by atoms with Crippen molar-refractivity contribution in [2.75, 3.05) is 23.3 Å². The first kappa shape index (κ1) is 17.1. The first-order valence-electron chi connectivity index (χ1n) is 8.00. The highest BCUT2D eigenvalue weighted by Gasteiger charge is 2.18. The molecule has 2 aromatic rings. The van der Waals surface area contributed by atoms with Gasteiger partial charge in [0.2, 0.25) is 0 Å². The van der Waals surface area contributed by atoms with Crippen LogP contribution in [0.4, 0.5) is 11.4 Å². The van der Waals surface area contributed by atoms with E-state index in [-0.39, 0.29) is 5.91 Å². The Morgan fingerprint density at radius 1 is 1.21 bits per heavy atom. The third-order valence-electron chi connectivity index (χ3n) is 4.30. The zero-order valence-electron chi connectivity index (χ0n) is 13.4. The van der Waals surface area contributed by atoms with Gasteiger partial charge in [-0.3, -0.25) is 9.78 Å². The van der Waals surface area contributed by atoms with Crippen molar-refractivity contribution < 1.29 is 4.79 Å². The van der Waals surface area contributed by atoms with E-state index in [4.69, 9.17) is 23.2 Å². The highest BCUT2D eigenvalue weighted by atomic mass is 35.5. The Morgan fingerprint density at radius 2 is 1.96 bits per heavy atom. The molecule has 0 bridgehead atoms. The number of amides is 1. The molecule has 1 fully saturated rings. The highest BCUT2D eigenvalue weighted by molar-refractivity contribution is 6.36. The summed E-state index contributed by atoms with van der Waals surface area (Å²) in [7, 11) is 0. The molecular formula is C18H19Cl2N3O. The number of pyridine rings is 1. The van der Waals surface area contributed by atoms with Crippen molar-refractivity contribution in [2.24, 2.45) is 5.92 Å². The Bertz CT molecular complexity index is 743. The maximum absolute atomic E-state index is 12.5. The monoisotopic (exact) mass is 363 g/mol. The van der Waals surface area contributed by atoms with E-state index < -0.39 is 0 Å². The summed E-state index contributed by atoms with van der Waals surface area (Å²) < 4.78 is 0. The van der Waals surface area contributed by atoms with Crippen LogP contribution in [0, 0.1) is 5.92 Å². The van der Waals surface area contributed by atoms with Gasteiger partial charge >= 0.3 is 0 Å². The van der Waals surface area contributed by atoms with E-state index in [2.05, 4.69) is 22.1 Å². The number of piperidine rings is 1. The second-order valence-electron chi connectivity index (χ2n) is 6.15. The number of carbonyl (C=O) groups excluding carboxylic acids is 1. The summed E-state index contributed by atoms with van der Waals surface area (Å²) in [5.41, 5.74) is 1.92. The fourth-order valence-electron chi connectivity index (χ4n) is 2.78. The summed E-state index contributed by atoms with van der Waals surface area (Å²) in [5.74, 6) is 0.476. The smallest absolute Gasteiger partial charge is 0.274 e. The molecule has 1 aromatic carbocycles. The number of benzene rings is 1. The van der Waals surface area contributed by atoms with E-state index in [1.165, 1.54) is 12.8 Å². The molecule has 0 saturated carbocycles. The molecule has 24 heavy (non-hydrogen) atoms. The maximum atomic E-state index is 12.5. The van der Waals surface area contributed by atoms with Crippen molar-refractivity contribution >= 4 is 40.5 Å². The van der Waals surface area contributed by atoms with E-state index in [0.29, 0.717) is 21.4 Å². The quantitative estimate of drug-likeness (QED) is 0.845. The van der Waals surface area contributed by atoms with Crippen LogP contribution in [0.15, 0.2) is 36.5 Å². The number of nitrogens with one attached hydrogen (secondary N) is 1. The van der Waals surface area contributed by atoms with Crippen molar-refractivity contribution in [2.45, 2.75) is 19.8 Å². The minimum absolute atomic E-state index is 0.286. The van der Waals surface area contributed by atoms with E-state index in [1.54, 1.807) is 24.4 Å². The number of carbonyl (C=O) groups is 1. The number of hydrogen-bond acceptors (Lipinski definition) is 3. The zero-order valence-corrected chi connectivity index (χ0v) is 14.9. The van der Waals surface area contributed by atoms with Crippen LogP contribution in [0.3, 0.4) is 0 Å². The van der Waals surface area contributed by atoms with Gasteiger partial charge < -0.3 is 10.2 Å². The molecule has 3 rings (SSSR count). The van der Waals surface area contributed by atoms with Crippen LogP contribution in [-0.4, -0.2) is 24.0 Å². The van der Waals surface area contributed by atoms with Gasteiger partial charge in [0.15, 0.2) is 0 Å². The summed E-state index contributed by atoms with van der Waals surface area (Å²) in [6.07, 6.45) is 4.01. The lowest BCUT2D eigenvalue weighted by Gasteiger charge is -2.32. The first-order chi connectivity index (χ1) is 11.5. The average Bonchev–Trinajstić information content (AvgIpc) is 2.58. The topological polar surface area (TPSA) is 45.2 Å². The third kappa shape index (κ3) is 4.00. The molecule has 0 atom stereocenters. The van der Waals surface area contributed by atoms with Crippen LogP contribution < -0.4 is 10.2 Å². The normalized spacial score (nSPS) is 15.4. The Labute approximate surface area is 151 Å². The molecule has 1 aliphatic heterocycles. The molecule has 0 aliphatic carbocycles. The van der Waals surface area contributed by atoms with E-state index in [0.717, 1.165) is 24.7 Å². The second kappa shape index (κ2) is 7.41. The van der Waals surface area contributed by atoms with Crippen LogP contribution in [-0.2, 0) is 0 Å². The molecule has 1 aliphatic rings. The Morgan fingerprint density at radius 3 is 2.67 bits per heavy atom. The van der Waals surface area contributed by atoms with Gasteiger partial charge in [-0.25, -0.2) is 0 Å². The van der Waals surface area contributed by atoms with E-state index in [1.807, 2.05) is 12.1 Å². The fraction of sp³-hybridized carbons (Fsp3) is 0.333. The number of hydrogen-bond donors (Lipinski definition) is 1. The summed E-state index contributed by atoms with van der Waals surface area (Å²) in [6, 6.07) is 8.73. The van der Waals surface area contributed by atoms with Gasteiger partial charge in [-0.1, -0.05) is 30.1 Å². The lowest BCUT2D eigenvalue weighted by atomic mass is 9.99. The standard InChI is InChI=1S/C18H19Cl2N3O/c1-12-5-8-23(9-6-12)14-4-7-21-17(11-14)18(24)22-16-3-2-13(19)10-15(16)20/h2-4,7,10-12H,5-6,8-9H2,1H3,(H,22,24). The summed E-state index contributed by atoms with van der Waals surface area (Å²) >= 11 is 12.0. The maximum Gasteiger partial charge on any atom is 0.274 e.